The molecule has 2 nitrogen and oxygen atoms in total. The molecule has 0 saturated heterocycles. The van der Waals surface area contributed by atoms with Gasteiger partial charge in [-0.3, -0.25) is 0 Å². The van der Waals surface area contributed by atoms with Crippen molar-refractivity contribution >= 4 is 28.5 Å². The summed E-state index contributed by atoms with van der Waals surface area (Å²) in [7, 11) is 5.04. The van der Waals surface area contributed by atoms with E-state index in [1.54, 1.807) is 6.07 Å². The Bertz CT molecular complexity index is 881. The van der Waals surface area contributed by atoms with Crippen LogP contribution in [0.4, 0.5) is 0 Å². The van der Waals surface area contributed by atoms with E-state index in [1.807, 2.05) is 24.3 Å². The summed E-state index contributed by atoms with van der Waals surface area (Å²) in [5.41, 5.74) is 3.47. The molecule has 3 aromatic carbocycles. The van der Waals surface area contributed by atoms with Crippen molar-refractivity contribution in [3.05, 3.63) is 83.7 Å². The monoisotopic (exact) mass is 445 g/mol. The quantitative estimate of drug-likeness (QED) is 0.376. The van der Waals surface area contributed by atoms with Crippen LogP contribution in [0.25, 0.3) is 16.4 Å². The third-order valence-corrected chi connectivity index (χ3v) is 5.54. The minimum atomic E-state index is -0.0500. The van der Waals surface area contributed by atoms with Crippen LogP contribution in [0, 0.1) is 0 Å². The summed E-state index contributed by atoms with van der Waals surface area (Å²) in [6.45, 7) is 7.05. The first-order valence-electron chi connectivity index (χ1n) is 9.03. The van der Waals surface area contributed by atoms with E-state index < -0.39 is 0 Å². The summed E-state index contributed by atoms with van der Waals surface area (Å²) in [6, 6.07) is 24.5. The molecule has 144 valence electrons. The molecule has 5 heteroatoms. The first-order chi connectivity index (χ1) is 13.4. The summed E-state index contributed by atoms with van der Waals surface area (Å²) in [6.07, 6.45) is 0. The van der Waals surface area contributed by atoms with Gasteiger partial charge in [-0.25, -0.2) is 0 Å². The van der Waals surface area contributed by atoms with Crippen LogP contribution in [0.2, 0.25) is 0 Å². The van der Waals surface area contributed by atoms with E-state index in [-0.39, 0.29) is 5.54 Å². The van der Waals surface area contributed by atoms with Gasteiger partial charge in [0.15, 0.2) is 0 Å². The topological polar surface area (TPSA) is 34.3 Å². The molecule has 0 aromatic heterocycles. The van der Waals surface area contributed by atoms with E-state index >= 15 is 0 Å². The number of hydrogen-bond acceptors (Lipinski definition) is 1. The van der Waals surface area contributed by atoms with Gasteiger partial charge in [0.25, 0.3) is 0 Å². The second-order valence-electron chi connectivity index (χ2n) is 7.37. The summed E-state index contributed by atoms with van der Waals surface area (Å²) in [5.74, 6) is 0.352. The molecule has 1 N–H and O–H groups in total. The molecule has 3 rings (SSSR count). The number of nitrogens with zero attached hydrogens (tertiary/aromatic N) is 1. The van der Waals surface area contributed by atoms with Crippen molar-refractivity contribution in [1.29, 1.82) is 0 Å². The molecule has 0 aliphatic heterocycles. The number of rotatable bonds is 5. The molecule has 0 bridgehead atoms. The Morgan fingerprint density at radius 2 is 1.50 bits per heavy atom. The Hall–Kier alpha value is -1.15. The SMILES string of the molecule is CC(C)(C)[N-]Cc1ccccc1Pc1cc(-c2ccccc2)ccc1O.[Cl][Ti+]. The molecule has 0 saturated carbocycles. The summed E-state index contributed by atoms with van der Waals surface area (Å²) >= 11 is 1.47. The number of phenols is 1. The van der Waals surface area contributed by atoms with E-state index in [0.717, 1.165) is 16.4 Å². The van der Waals surface area contributed by atoms with Crippen LogP contribution in [0.15, 0.2) is 72.8 Å². The molecule has 0 amide bonds. The molecule has 0 radical (unpaired) electrons. The fraction of sp³-hybridized carbons (Fsp3) is 0.217. The van der Waals surface area contributed by atoms with E-state index in [4.69, 9.17) is 5.32 Å². The number of benzene rings is 3. The van der Waals surface area contributed by atoms with Crippen LogP contribution in [0.3, 0.4) is 0 Å². The van der Waals surface area contributed by atoms with Crippen molar-refractivity contribution in [2.24, 2.45) is 0 Å². The zero-order valence-electron chi connectivity index (χ0n) is 16.4. The van der Waals surface area contributed by atoms with E-state index in [9.17, 15) is 5.11 Å². The van der Waals surface area contributed by atoms with Gasteiger partial charge in [-0.15, -0.1) is 12.1 Å². The summed E-state index contributed by atoms with van der Waals surface area (Å²) in [4.78, 5) is 0. The Balaban J connectivity index is 0.00000136. The van der Waals surface area contributed by atoms with E-state index in [2.05, 4.69) is 72.5 Å². The fourth-order valence-corrected chi connectivity index (χ4v) is 3.93. The van der Waals surface area contributed by atoms with Crippen LogP contribution >= 0.6 is 17.9 Å². The Morgan fingerprint density at radius 1 is 0.857 bits per heavy atom. The van der Waals surface area contributed by atoms with Gasteiger partial charge in [0, 0.05) is 5.30 Å². The maximum absolute atomic E-state index is 10.4. The van der Waals surface area contributed by atoms with Crippen LogP contribution in [-0.4, -0.2) is 10.6 Å². The van der Waals surface area contributed by atoms with Crippen LogP contribution in [0.5, 0.6) is 5.75 Å². The zero-order chi connectivity index (χ0) is 20.6. The zero-order valence-corrected chi connectivity index (χ0v) is 19.7. The minimum absolute atomic E-state index is 0.0500. The molecule has 28 heavy (non-hydrogen) atoms. The predicted octanol–water partition coefficient (Wildman–Crippen LogP) is 6.05. The summed E-state index contributed by atoms with van der Waals surface area (Å²) in [5, 5.41) is 17.3. The number of phenolic OH excluding ortho intramolecular Hbond substituents is 1. The van der Waals surface area contributed by atoms with Crippen molar-refractivity contribution in [1.82, 2.24) is 0 Å². The molecule has 0 fully saturated rings. The van der Waals surface area contributed by atoms with Crippen molar-refractivity contribution in [3.8, 4) is 16.9 Å². The first-order valence-corrected chi connectivity index (χ1v) is 12.2. The normalized spacial score (nSPS) is 11.2. The van der Waals surface area contributed by atoms with Gasteiger partial charge in [-0.1, -0.05) is 95.6 Å². The van der Waals surface area contributed by atoms with Crippen molar-refractivity contribution in [3.63, 3.8) is 0 Å². The second-order valence-corrected chi connectivity index (χ2v) is 8.69. The van der Waals surface area contributed by atoms with Crippen molar-refractivity contribution in [2.75, 3.05) is 0 Å². The number of halogens is 1. The predicted molar refractivity (Wildman–Crippen MR) is 120 cm³/mol. The molecule has 0 spiro atoms. The maximum atomic E-state index is 10.4. The summed E-state index contributed by atoms with van der Waals surface area (Å²) < 4.78 is 0. The number of hydrogen-bond donors (Lipinski definition) is 1. The third kappa shape index (κ3) is 7.03. The molecule has 1 atom stereocenters. The van der Waals surface area contributed by atoms with Gasteiger partial charge >= 0.3 is 28.7 Å². The molecule has 3 aromatic rings. The van der Waals surface area contributed by atoms with Crippen LogP contribution < -0.4 is 10.6 Å². The molecule has 0 aliphatic rings. The molecule has 1 unspecified atom stereocenters. The molecule has 0 aliphatic carbocycles. The first kappa shape index (κ1) is 23.1. The Labute approximate surface area is 185 Å². The van der Waals surface area contributed by atoms with E-state index in [0.29, 0.717) is 20.9 Å². The Kier molecular flexibility index (Phi) is 9.21. The molecular formula is C23H25ClNOPTi. The Morgan fingerprint density at radius 3 is 2.18 bits per heavy atom. The number of aromatic hydroxyl groups is 1. The van der Waals surface area contributed by atoms with Crippen LogP contribution in [0.1, 0.15) is 26.3 Å². The van der Waals surface area contributed by atoms with Gasteiger partial charge < -0.3 is 10.4 Å². The van der Waals surface area contributed by atoms with Gasteiger partial charge in [0.1, 0.15) is 5.75 Å². The molecular weight excluding hydrogens is 421 g/mol. The standard InChI is InChI=1S/C23H25NOP.ClH.Ti/c1-23(2,3)24-16-19-11-7-8-12-21(19)26-22-15-18(13-14-20(22)25)17-9-5-4-6-10-17;;/h4-15,25-26H,16H2,1-3H3;1H;/q-1;;+2/p-1. The van der Waals surface area contributed by atoms with Crippen molar-refractivity contribution in [2.45, 2.75) is 32.9 Å². The van der Waals surface area contributed by atoms with Crippen LogP contribution in [-0.2, 0) is 25.9 Å². The van der Waals surface area contributed by atoms with Gasteiger partial charge in [-0.2, -0.15) is 0 Å². The molecule has 0 heterocycles. The third-order valence-electron chi connectivity index (χ3n) is 4.11. The van der Waals surface area contributed by atoms with Crippen molar-refractivity contribution < 1.29 is 24.5 Å². The van der Waals surface area contributed by atoms with E-state index in [1.165, 1.54) is 30.2 Å². The van der Waals surface area contributed by atoms with Gasteiger partial charge in [0.2, 0.25) is 0 Å². The van der Waals surface area contributed by atoms with Gasteiger partial charge in [0.05, 0.1) is 0 Å². The average Bonchev–Trinajstić information content (AvgIpc) is 2.70. The average molecular weight is 446 g/mol. The fourth-order valence-electron chi connectivity index (χ4n) is 2.69. The van der Waals surface area contributed by atoms with Gasteiger partial charge in [-0.05, 0) is 28.6 Å². The second kappa shape index (κ2) is 11.1.